The van der Waals surface area contributed by atoms with Crippen molar-refractivity contribution in [2.75, 3.05) is 5.32 Å². The molecule has 4 aromatic carbocycles. The van der Waals surface area contributed by atoms with Gasteiger partial charge in [0.15, 0.2) is 0 Å². The van der Waals surface area contributed by atoms with Crippen molar-refractivity contribution in [3.63, 3.8) is 0 Å². The number of aromatic hydroxyl groups is 1. The van der Waals surface area contributed by atoms with E-state index in [1.165, 1.54) is 30.3 Å². The molecule has 0 radical (unpaired) electrons. The van der Waals surface area contributed by atoms with E-state index in [0.29, 0.717) is 27.9 Å². The summed E-state index contributed by atoms with van der Waals surface area (Å²) in [6.45, 7) is 1.71. The highest BCUT2D eigenvalue weighted by Crippen LogP contribution is 2.27. The van der Waals surface area contributed by atoms with Gasteiger partial charge in [0.1, 0.15) is 11.6 Å². The number of phenolic OH excluding ortho intramolecular Hbond substituents is 1. The van der Waals surface area contributed by atoms with Gasteiger partial charge in [-0.3, -0.25) is 9.59 Å². The van der Waals surface area contributed by atoms with Crippen molar-refractivity contribution >= 4 is 34.0 Å². The standard InChI is InChI=1S/C26H20FN3O3/c1-16(29-30-26(33)24-22-8-3-2-5-17(22)11-14-23(24)31)19-6-4-7-21(15-19)28-25(32)18-9-12-20(27)13-10-18/h2-15,31H,1H3,(H,28,32)(H,30,33)/b29-16-. The lowest BCUT2D eigenvalue weighted by atomic mass is 10.0. The minimum Gasteiger partial charge on any atom is -0.507 e. The van der Waals surface area contributed by atoms with Crippen LogP contribution in [0.3, 0.4) is 0 Å². The van der Waals surface area contributed by atoms with Crippen molar-refractivity contribution in [1.82, 2.24) is 5.43 Å². The van der Waals surface area contributed by atoms with E-state index in [-0.39, 0.29) is 17.2 Å². The van der Waals surface area contributed by atoms with Gasteiger partial charge in [-0.2, -0.15) is 5.10 Å². The first-order valence-corrected chi connectivity index (χ1v) is 10.1. The quantitative estimate of drug-likeness (QED) is 0.298. The first-order valence-electron chi connectivity index (χ1n) is 10.1. The number of benzene rings is 4. The molecule has 0 spiro atoms. The third-order valence-corrected chi connectivity index (χ3v) is 5.10. The molecule has 4 rings (SSSR count). The fraction of sp³-hybridized carbons (Fsp3) is 0.0385. The number of amides is 2. The van der Waals surface area contributed by atoms with Gasteiger partial charge in [0.25, 0.3) is 11.8 Å². The van der Waals surface area contributed by atoms with E-state index in [4.69, 9.17) is 0 Å². The molecule has 33 heavy (non-hydrogen) atoms. The van der Waals surface area contributed by atoms with Gasteiger partial charge in [0.05, 0.1) is 11.3 Å². The van der Waals surface area contributed by atoms with Gasteiger partial charge in [-0.05, 0) is 65.7 Å². The van der Waals surface area contributed by atoms with Gasteiger partial charge in [-0.15, -0.1) is 0 Å². The van der Waals surface area contributed by atoms with Gasteiger partial charge >= 0.3 is 0 Å². The average Bonchev–Trinajstić information content (AvgIpc) is 2.82. The highest BCUT2D eigenvalue weighted by atomic mass is 19.1. The second-order valence-electron chi connectivity index (χ2n) is 7.36. The first kappa shape index (κ1) is 21.7. The fourth-order valence-electron chi connectivity index (χ4n) is 3.38. The van der Waals surface area contributed by atoms with Crippen LogP contribution in [-0.4, -0.2) is 22.6 Å². The molecule has 0 fully saturated rings. The lowest BCUT2D eigenvalue weighted by molar-refractivity contribution is 0.0953. The number of phenols is 1. The van der Waals surface area contributed by atoms with Crippen molar-refractivity contribution in [3.8, 4) is 5.75 Å². The second-order valence-corrected chi connectivity index (χ2v) is 7.36. The summed E-state index contributed by atoms with van der Waals surface area (Å²) in [5.74, 6) is -1.46. The molecule has 3 N–H and O–H groups in total. The molecule has 164 valence electrons. The van der Waals surface area contributed by atoms with E-state index in [0.717, 1.165) is 5.39 Å². The van der Waals surface area contributed by atoms with Crippen molar-refractivity contribution < 1.29 is 19.1 Å². The molecule has 6 nitrogen and oxygen atoms in total. The Labute approximate surface area is 189 Å². The number of rotatable bonds is 5. The summed E-state index contributed by atoms with van der Waals surface area (Å²) in [7, 11) is 0. The summed E-state index contributed by atoms with van der Waals surface area (Å²) in [5, 5.41) is 18.6. The first-order chi connectivity index (χ1) is 15.9. The Morgan fingerprint density at radius 1 is 0.848 bits per heavy atom. The highest BCUT2D eigenvalue weighted by molar-refractivity contribution is 6.10. The van der Waals surface area contributed by atoms with Crippen molar-refractivity contribution in [3.05, 3.63) is 107 Å². The number of hydrogen-bond acceptors (Lipinski definition) is 4. The van der Waals surface area contributed by atoms with Gasteiger partial charge < -0.3 is 10.4 Å². The van der Waals surface area contributed by atoms with E-state index in [1.54, 1.807) is 49.4 Å². The molecule has 0 saturated heterocycles. The Kier molecular flexibility index (Phi) is 6.13. The summed E-state index contributed by atoms with van der Waals surface area (Å²) in [6.07, 6.45) is 0. The second kappa shape index (κ2) is 9.32. The topological polar surface area (TPSA) is 90.8 Å². The molecule has 4 aromatic rings. The minimum absolute atomic E-state index is 0.135. The molecule has 0 saturated carbocycles. The maximum Gasteiger partial charge on any atom is 0.275 e. The van der Waals surface area contributed by atoms with Crippen LogP contribution in [0, 0.1) is 5.82 Å². The molecule has 2 amide bonds. The SMILES string of the molecule is C/C(=N/NC(=O)c1c(O)ccc2ccccc12)c1cccc(NC(=O)c2ccc(F)cc2)c1. The normalized spacial score (nSPS) is 11.3. The largest absolute Gasteiger partial charge is 0.507 e. The Hall–Kier alpha value is -4.52. The molecule has 0 heterocycles. The number of fused-ring (bicyclic) bond motifs is 1. The van der Waals surface area contributed by atoms with Gasteiger partial charge in [0.2, 0.25) is 0 Å². The lowest BCUT2D eigenvalue weighted by Crippen LogP contribution is -2.20. The maximum absolute atomic E-state index is 13.1. The van der Waals surface area contributed by atoms with Crippen LogP contribution >= 0.6 is 0 Å². The summed E-state index contributed by atoms with van der Waals surface area (Å²) >= 11 is 0. The minimum atomic E-state index is -0.538. The molecule has 0 aliphatic heterocycles. The van der Waals surface area contributed by atoms with Crippen LogP contribution in [0.5, 0.6) is 5.75 Å². The van der Waals surface area contributed by atoms with Crippen LogP contribution in [0.25, 0.3) is 10.8 Å². The van der Waals surface area contributed by atoms with Crippen LogP contribution in [0.4, 0.5) is 10.1 Å². The number of nitrogens with one attached hydrogen (secondary N) is 2. The summed E-state index contributed by atoms with van der Waals surface area (Å²) in [4.78, 5) is 25.1. The van der Waals surface area contributed by atoms with Crippen molar-refractivity contribution in [1.29, 1.82) is 0 Å². The summed E-state index contributed by atoms with van der Waals surface area (Å²) in [5.41, 5.74) is 4.66. The molecule has 0 aromatic heterocycles. The number of anilines is 1. The van der Waals surface area contributed by atoms with E-state index in [9.17, 15) is 19.1 Å². The van der Waals surface area contributed by atoms with Gasteiger partial charge in [-0.25, -0.2) is 9.82 Å². The van der Waals surface area contributed by atoms with Crippen LogP contribution in [0.1, 0.15) is 33.2 Å². The number of halogens is 1. The lowest BCUT2D eigenvalue weighted by Gasteiger charge is -2.09. The van der Waals surface area contributed by atoms with Crippen LogP contribution < -0.4 is 10.7 Å². The number of hydrogen-bond donors (Lipinski definition) is 3. The maximum atomic E-state index is 13.1. The molecule has 0 aliphatic rings. The third kappa shape index (κ3) is 4.88. The zero-order chi connectivity index (χ0) is 23.4. The van der Waals surface area contributed by atoms with E-state index < -0.39 is 11.7 Å². The Morgan fingerprint density at radius 2 is 1.61 bits per heavy atom. The van der Waals surface area contributed by atoms with Gasteiger partial charge in [0, 0.05) is 11.3 Å². The van der Waals surface area contributed by atoms with Gasteiger partial charge in [-0.1, -0.05) is 42.5 Å². The smallest absolute Gasteiger partial charge is 0.275 e. The number of hydrazone groups is 1. The molecule has 0 unspecified atom stereocenters. The zero-order valence-electron chi connectivity index (χ0n) is 17.7. The molecule has 0 atom stereocenters. The van der Waals surface area contributed by atoms with Crippen LogP contribution in [0.15, 0.2) is 90.0 Å². The zero-order valence-corrected chi connectivity index (χ0v) is 17.7. The Morgan fingerprint density at radius 3 is 2.39 bits per heavy atom. The van der Waals surface area contributed by atoms with Crippen molar-refractivity contribution in [2.24, 2.45) is 5.10 Å². The predicted molar refractivity (Wildman–Crippen MR) is 126 cm³/mol. The van der Waals surface area contributed by atoms with E-state index in [2.05, 4.69) is 15.8 Å². The molecule has 7 heteroatoms. The average molecular weight is 441 g/mol. The monoisotopic (exact) mass is 441 g/mol. The fourth-order valence-corrected chi connectivity index (χ4v) is 3.38. The highest BCUT2D eigenvalue weighted by Gasteiger charge is 2.15. The van der Waals surface area contributed by atoms with E-state index in [1.807, 2.05) is 12.1 Å². The number of carbonyl (C=O) groups is 2. The summed E-state index contributed by atoms with van der Waals surface area (Å²) < 4.78 is 13.1. The van der Waals surface area contributed by atoms with Crippen LogP contribution in [0.2, 0.25) is 0 Å². The number of carbonyl (C=O) groups excluding carboxylic acids is 2. The number of nitrogens with zero attached hydrogens (tertiary/aromatic N) is 1. The van der Waals surface area contributed by atoms with E-state index >= 15 is 0 Å². The third-order valence-electron chi connectivity index (χ3n) is 5.10. The molecule has 0 aliphatic carbocycles. The Balaban J connectivity index is 1.51. The Bertz CT molecular complexity index is 1380. The van der Waals surface area contributed by atoms with Crippen LogP contribution in [-0.2, 0) is 0 Å². The predicted octanol–water partition coefficient (Wildman–Crippen LogP) is 5.09. The molecular weight excluding hydrogens is 421 g/mol. The molecular formula is C26H20FN3O3. The van der Waals surface area contributed by atoms with Crippen molar-refractivity contribution in [2.45, 2.75) is 6.92 Å². The summed E-state index contributed by atoms with van der Waals surface area (Å²) in [6, 6.07) is 22.7. The molecule has 0 bridgehead atoms.